The lowest BCUT2D eigenvalue weighted by atomic mass is 10.1. The van der Waals surface area contributed by atoms with Gasteiger partial charge in [0.25, 0.3) is 0 Å². The van der Waals surface area contributed by atoms with Crippen molar-refractivity contribution in [2.75, 3.05) is 11.9 Å². The van der Waals surface area contributed by atoms with Crippen molar-refractivity contribution in [2.24, 2.45) is 0 Å². The third-order valence-corrected chi connectivity index (χ3v) is 3.31. The molecule has 0 saturated heterocycles. The molecule has 0 radical (unpaired) electrons. The number of nitrogens with one attached hydrogen (secondary N) is 1. The van der Waals surface area contributed by atoms with E-state index in [4.69, 9.17) is 5.26 Å². The molecule has 0 aliphatic rings. The molecule has 0 aliphatic carbocycles. The number of anilines is 1. The van der Waals surface area contributed by atoms with Crippen molar-refractivity contribution < 1.29 is 4.79 Å². The fourth-order valence-corrected chi connectivity index (χ4v) is 2.09. The smallest absolute Gasteiger partial charge is 0.176 e. The van der Waals surface area contributed by atoms with E-state index in [1.807, 2.05) is 18.2 Å². The van der Waals surface area contributed by atoms with Crippen LogP contribution in [0.5, 0.6) is 0 Å². The van der Waals surface area contributed by atoms with Gasteiger partial charge < -0.3 is 5.32 Å². The van der Waals surface area contributed by atoms with Gasteiger partial charge in [-0.1, -0.05) is 39.0 Å². The molecule has 0 unspecified atom stereocenters. The number of hydrogen-bond donors (Lipinski definition) is 1. The van der Waals surface area contributed by atoms with Gasteiger partial charge >= 0.3 is 0 Å². The maximum Gasteiger partial charge on any atom is 0.176 e. The first-order valence-corrected chi connectivity index (χ1v) is 7.52. The molecule has 0 amide bonds. The van der Waals surface area contributed by atoms with Gasteiger partial charge in [0.2, 0.25) is 0 Å². The van der Waals surface area contributed by atoms with E-state index in [1.165, 1.54) is 38.5 Å². The van der Waals surface area contributed by atoms with E-state index in [-0.39, 0.29) is 12.2 Å². The fraction of sp³-hybridized carbons (Fsp3) is 0.529. The van der Waals surface area contributed by atoms with Gasteiger partial charge in [0, 0.05) is 17.8 Å². The molecule has 3 nitrogen and oxygen atoms in total. The molecule has 0 bridgehead atoms. The lowest BCUT2D eigenvalue weighted by molar-refractivity contribution is 0.0998. The third-order valence-electron chi connectivity index (χ3n) is 3.31. The molecule has 0 spiro atoms. The second-order valence-electron chi connectivity index (χ2n) is 5.03. The molecule has 0 heterocycles. The molecular weight excluding hydrogens is 248 g/mol. The Morgan fingerprint density at radius 1 is 1.10 bits per heavy atom. The van der Waals surface area contributed by atoms with Gasteiger partial charge in [-0.05, 0) is 30.7 Å². The molecule has 0 aromatic heterocycles. The number of unbranched alkanes of at least 4 members (excludes halogenated alkanes) is 5. The molecule has 1 aromatic rings. The maximum absolute atomic E-state index is 11.5. The summed E-state index contributed by atoms with van der Waals surface area (Å²) < 4.78 is 0. The Hall–Kier alpha value is -1.82. The van der Waals surface area contributed by atoms with Crippen LogP contribution in [0.3, 0.4) is 0 Å². The number of benzene rings is 1. The number of nitriles is 1. The molecule has 0 atom stereocenters. The summed E-state index contributed by atoms with van der Waals surface area (Å²) in [7, 11) is 0. The normalized spacial score (nSPS) is 10.0. The molecule has 1 rings (SSSR count). The Bertz CT molecular complexity index is 431. The summed E-state index contributed by atoms with van der Waals surface area (Å²) in [6.45, 7) is 3.20. The topological polar surface area (TPSA) is 52.9 Å². The Morgan fingerprint density at radius 3 is 2.40 bits per heavy atom. The summed E-state index contributed by atoms with van der Waals surface area (Å²) in [5.74, 6) is -0.116. The highest BCUT2D eigenvalue weighted by molar-refractivity contribution is 5.97. The van der Waals surface area contributed by atoms with Crippen LogP contribution in [-0.4, -0.2) is 12.3 Å². The van der Waals surface area contributed by atoms with E-state index in [0.717, 1.165) is 12.2 Å². The number of rotatable bonds is 10. The molecule has 20 heavy (non-hydrogen) atoms. The van der Waals surface area contributed by atoms with Crippen LogP contribution in [0.1, 0.15) is 62.2 Å². The van der Waals surface area contributed by atoms with Crippen LogP contribution in [-0.2, 0) is 0 Å². The van der Waals surface area contributed by atoms with Crippen molar-refractivity contribution in [1.82, 2.24) is 0 Å². The molecule has 0 fully saturated rings. The number of Topliss-reactive ketones (excluding diaryl/α,β-unsaturated/α-hetero) is 1. The standard InChI is InChI=1S/C17H24N2O/c1-2-3-4-5-6-7-14-19-16-10-8-15(9-11-16)17(20)12-13-18/h8-11,19H,2-7,12,14H2,1H3. The minimum absolute atomic E-state index is 0.0511. The predicted molar refractivity (Wildman–Crippen MR) is 82.9 cm³/mol. The maximum atomic E-state index is 11.5. The van der Waals surface area contributed by atoms with Crippen LogP contribution in [0.4, 0.5) is 5.69 Å². The summed E-state index contributed by atoms with van der Waals surface area (Å²) in [4.78, 5) is 11.5. The van der Waals surface area contributed by atoms with E-state index in [2.05, 4.69) is 12.2 Å². The summed E-state index contributed by atoms with van der Waals surface area (Å²) in [5, 5.41) is 11.8. The highest BCUT2D eigenvalue weighted by atomic mass is 16.1. The monoisotopic (exact) mass is 272 g/mol. The van der Waals surface area contributed by atoms with E-state index in [0.29, 0.717) is 5.56 Å². The number of ketones is 1. The Balaban J connectivity index is 2.22. The average molecular weight is 272 g/mol. The van der Waals surface area contributed by atoms with Gasteiger partial charge in [-0.15, -0.1) is 0 Å². The molecular formula is C17H24N2O. The molecule has 0 saturated carbocycles. The van der Waals surface area contributed by atoms with Gasteiger partial charge in [0.1, 0.15) is 0 Å². The van der Waals surface area contributed by atoms with Crippen LogP contribution in [0.2, 0.25) is 0 Å². The zero-order valence-electron chi connectivity index (χ0n) is 12.3. The predicted octanol–water partition coefficient (Wildman–Crippen LogP) is 4.56. The zero-order chi connectivity index (χ0) is 14.6. The van der Waals surface area contributed by atoms with Crippen molar-refractivity contribution in [3.63, 3.8) is 0 Å². The number of hydrogen-bond acceptors (Lipinski definition) is 3. The summed E-state index contributed by atoms with van der Waals surface area (Å²) in [6, 6.07) is 9.25. The van der Waals surface area contributed by atoms with Gasteiger partial charge in [-0.3, -0.25) is 4.79 Å². The van der Waals surface area contributed by atoms with Gasteiger partial charge in [-0.25, -0.2) is 0 Å². The molecule has 0 aliphatic heterocycles. The molecule has 108 valence electrons. The van der Waals surface area contributed by atoms with Gasteiger partial charge in [-0.2, -0.15) is 5.26 Å². The van der Waals surface area contributed by atoms with Crippen LogP contribution < -0.4 is 5.32 Å². The first-order chi connectivity index (χ1) is 9.77. The van der Waals surface area contributed by atoms with Crippen LogP contribution in [0.25, 0.3) is 0 Å². The van der Waals surface area contributed by atoms with Crippen molar-refractivity contribution in [1.29, 1.82) is 5.26 Å². The highest BCUT2D eigenvalue weighted by Gasteiger charge is 2.04. The minimum atomic E-state index is -0.116. The molecule has 3 heteroatoms. The summed E-state index contributed by atoms with van der Waals surface area (Å²) >= 11 is 0. The van der Waals surface area contributed by atoms with Crippen LogP contribution in [0, 0.1) is 11.3 Å². The number of carbonyl (C=O) groups is 1. The Morgan fingerprint density at radius 2 is 1.75 bits per heavy atom. The van der Waals surface area contributed by atoms with Crippen molar-refractivity contribution in [2.45, 2.75) is 51.9 Å². The number of nitrogens with zero attached hydrogens (tertiary/aromatic N) is 1. The quantitative estimate of drug-likeness (QED) is 0.502. The Kier molecular flexibility index (Phi) is 8.14. The SMILES string of the molecule is CCCCCCCCNc1ccc(C(=O)CC#N)cc1. The van der Waals surface area contributed by atoms with Crippen molar-refractivity contribution >= 4 is 11.5 Å². The van der Waals surface area contributed by atoms with E-state index >= 15 is 0 Å². The number of carbonyl (C=O) groups excluding carboxylic acids is 1. The van der Waals surface area contributed by atoms with Crippen molar-refractivity contribution in [3.8, 4) is 6.07 Å². The first kappa shape index (κ1) is 16.2. The lowest BCUT2D eigenvalue weighted by Crippen LogP contribution is -2.02. The molecule has 1 aromatic carbocycles. The zero-order valence-corrected chi connectivity index (χ0v) is 12.3. The first-order valence-electron chi connectivity index (χ1n) is 7.52. The Labute approximate surface area is 122 Å². The second kappa shape index (κ2) is 10.0. The molecule has 1 N–H and O–H groups in total. The van der Waals surface area contributed by atoms with E-state index in [1.54, 1.807) is 12.1 Å². The lowest BCUT2D eigenvalue weighted by Gasteiger charge is -2.07. The van der Waals surface area contributed by atoms with Gasteiger partial charge in [0.15, 0.2) is 5.78 Å². The second-order valence-corrected chi connectivity index (χ2v) is 5.03. The average Bonchev–Trinajstić information content (AvgIpc) is 2.47. The van der Waals surface area contributed by atoms with Gasteiger partial charge in [0.05, 0.1) is 12.5 Å². The largest absolute Gasteiger partial charge is 0.385 e. The highest BCUT2D eigenvalue weighted by Crippen LogP contribution is 2.12. The third kappa shape index (κ3) is 6.38. The van der Waals surface area contributed by atoms with E-state index in [9.17, 15) is 4.79 Å². The minimum Gasteiger partial charge on any atom is -0.385 e. The van der Waals surface area contributed by atoms with Crippen LogP contribution >= 0.6 is 0 Å². The van der Waals surface area contributed by atoms with Crippen LogP contribution in [0.15, 0.2) is 24.3 Å². The van der Waals surface area contributed by atoms with E-state index < -0.39 is 0 Å². The fourth-order valence-electron chi connectivity index (χ4n) is 2.09. The summed E-state index contributed by atoms with van der Waals surface area (Å²) in [5.41, 5.74) is 1.64. The van der Waals surface area contributed by atoms with Crippen molar-refractivity contribution in [3.05, 3.63) is 29.8 Å². The summed E-state index contributed by atoms with van der Waals surface area (Å²) in [6.07, 6.45) is 7.68.